The van der Waals surface area contributed by atoms with E-state index < -0.39 is 0 Å². The smallest absolute Gasteiger partial charge is 0.233 e. The second-order valence-electron chi connectivity index (χ2n) is 5.56. The van der Waals surface area contributed by atoms with Gasteiger partial charge in [-0.3, -0.25) is 4.79 Å². The molecule has 0 unspecified atom stereocenters. The molecule has 0 atom stereocenters. The van der Waals surface area contributed by atoms with Gasteiger partial charge in [0, 0.05) is 18.8 Å². The van der Waals surface area contributed by atoms with Gasteiger partial charge in [-0.1, -0.05) is 30.0 Å². The number of amides is 1. The number of benzene rings is 1. The van der Waals surface area contributed by atoms with Crippen molar-refractivity contribution in [1.82, 2.24) is 9.88 Å². The molecule has 1 aromatic carbocycles. The molecule has 1 saturated carbocycles. The lowest BCUT2D eigenvalue weighted by Crippen LogP contribution is -2.33. The summed E-state index contributed by atoms with van der Waals surface area (Å²) in [5, 5.41) is 0.890. The van der Waals surface area contributed by atoms with Crippen molar-refractivity contribution in [2.75, 3.05) is 12.9 Å². The van der Waals surface area contributed by atoms with Crippen molar-refractivity contribution in [3.8, 4) is 5.75 Å². The lowest BCUT2D eigenvalue weighted by molar-refractivity contribution is -0.129. The van der Waals surface area contributed by atoms with Gasteiger partial charge in [-0.05, 0) is 42.7 Å². The third kappa shape index (κ3) is 4.48. The monoisotopic (exact) mass is 328 g/mol. The topological polar surface area (TPSA) is 42.4 Å². The summed E-state index contributed by atoms with van der Waals surface area (Å²) >= 11 is 1.50. The van der Waals surface area contributed by atoms with Crippen molar-refractivity contribution < 1.29 is 9.53 Å². The minimum atomic E-state index is 0.180. The van der Waals surface area contributed by atoms with Gasteiger partial charge in [0.25, 0.3) is 0 Å². The van der Waals surface area contributed by atoms with Gasteiger partial charge in [-0.25, -0.2) is 4.98 Å². The molecule has 0 aliphatic heterocycles. The number of pyridine rings is 1. The van der Waals surface area contributed by atoms with Crippen LogP contribution >= 0.6 is 11.8 Å². The Hall–Kier alpha value is -2.01. The Morgan fingerprint density at radius 1 is 1.26 bits per heavy atom. The number of nitrogens with zero attached hydrogens (tertiary/aromatic N) is 2. The van der Waals surface area contributed by atoms with Crippen LogP contribution in [-0.2, 0) is 11.3 Å². The van der Waals surface area contributed by atoms with Crippen molar-refractivity contribution in [2.45, 2.75) is 30.5 Å². The molecule has 3 rings (SSSR count). The van der Waals surface area contributed by atoms with E-state index in [1.54, 1.807) is 13.3 Å². The van der Waals surface area contributed by atoms with E-state index in [0.29, 0.717) is 18.3 Å². The minimum absolute atomic E-state index is 0.180. The maximum absolute atomic E-state index is 12.6. The molecule has 2 aromatic rings. The van der Waals surface area contributed by atoms with E-state index in [1.807, 2.05) is 47.4 Å². The van der Waals surface area contributed by atoms with Crippen LogP contribution in [0.25, 0.3) is 0 Å². The largest absolute Gasteiger partial charge is 0.497 e. The molecule has 1 amide bonds. The van der Waals surface area contributed by atoms with Crippen LogP contribution in [0.5, 0.6) is 5.75 Å². The molecule has 0 N–H and O–H groups in total. The Bertz CT molecular complexity index is 642. The van der Waals surface area contributed by atoms with Crippen molar-refractivity contribution >= 4 is 17.7 Å². The zero-order valence-electron chi connectivity index (χ0n) is 13.1. The summed E-state index contributed by atoms with van der Waals surface area (Å²) in [7, 11) is 1.66. The molecular weight excluding hydrogens is 308 g/mol. The molecule has 1 heterocycles. The van der Waals surface area contributed by atoms with E-state index in [2.05, 4.69) is 4.98 Å². The second-order valence-corrected chi connectivity index (χ2v) is 6.55. The summed E-state index contributed by atoms with van der Waals surface area (Å²) in [5.41, 5.74) is 1.13. The lowest BCUT2D eigenvalue weighted by atomic mass is 10.2. The fourth-order valence-electron chi connectivity index (χ4n) is 2.39. The number of rotatable bonds is 7. The Morgan fingerprint density at radius 2 is 2.04 bits per heavy atom. The van der Waals surface area contributed by atoms with Crippen LogP contribution in [0.15, 0.2) is 53.7 Å². The van der Waals surface area contributed by atoms with Crippen LogP contribution in [0, 0.1) is 0 Å². The van der Waals surface area contributed by atoms with E-state index in [4.69, 9.17) is 4.74 Å². The molecule has 5 heteroatoms. The summed E-state index contributed by atoms with van der Waals surface area (Å²) in [6.45, 7) is 0.663. The van der Waals surface area contributed by atoms with Crippen LogP contribution in [-0.4, -0.2) is 34.7 Å². The van der Waals surface area contributed by atoms with Crippen LogP contribution in [0.2, 0.25) is 0 Å². The molecule has 0 saturated heterocycles. The highest BCUT2D eigenvalue weighted by Crippen LogP contribution is 2.30. The SMILES string of the molecule is COc1ccc(CN(C(=O)CSc2ccccn2)C2CC2)cc1. The third-order valence-electron chi connectivity index (χ3n) is 3.80. The predicted molar refractivity (Wildman–Crippen MR) is 91.5 cm³/mol. The van der Waals surface area contributed by atoms with Gasteiger partial charge in [-0.2, -0.15) is 0 Å². The predicted octanol–water partition coefficient (Wildman–Crippen LogP) is 3.37. The van der Waals surface area contributed by atoms with E-state index >= 15 is 0 Å². The quantitative estimate of drug-likeness (QED) is 0.731. The zero-order valence-corrected chi connectivity index (χ0v) is 14.0. The fourth-order valence-corrected chi connectivity index (χ4v) is 3.13. The number of methoxy groups -OCH3 is 1. The number of thioether (sulfide) groups is 1. The van der Waals surface area contributed by atoms with Gasteiger partial charge < -0.3 is 9.64 Å². The summed E-state index contributed by atoms with van der Waals surface area (Å²) in [6, 6.07) is 14.1. The zero-order chi connectivity index (χ0) is 16.1. The maximum atomic E-state index is 12.6. The Labute approximate surface area is 140 Å². The number of hydrogen-bond acceptors (Lipinski definition) is 4. The molecule has 1 aliphatic rings. The van der Waals surface area contributed by atoms with E-state index in [-0.39, 0.29) is 5.91 Å². The molecule has 4 nitrogen and oxygen atoms in total. The van der Waals surface area contributed by atoms with E-state index in [9.17, 15) is 4.79 Å². The first-order valence-electron chi connectivity index (χ1n) is 7.72. The molecule has 23 heavy (non-hydrogen) atoms. The first kappa shape index (κ1) is 15.9. The van der Waals surface area contributed by atoms with Crippen molar-refractivity contribution in [3.63, 3.8) is 0 Å². The van der Waals surface area contributed by atoms with Crippen molar-refractivity contribution in [2.24, 2.45) is 0 Å². The first-order chi connectivity index (χ1) is 11.3. The Morgan fingerprint density at radius 3 is 2.65 bits per heavy atom. The van der Waals surface area contributed by atoms with Crippen molar-refractivity contribution in [3.05, 3.63) is 54.2 Å². The van der Waals surface area contributed by atoms with E-state index in [1.165, 1.54) is 11.8 Å². The summed E-state index contributed by atoms with van der Waals surface area (Å²) in [6.07, 6.45) is 3.97. The van der Waals surface area contributed by atoms with Crippen LogP contribution in [0.1, 0.15) is 18.4 Å². The number of carbonyl (C=O) groups excluding carboxylic acids is 1. The highest BCUT2D eigenvalue weighted by Gasteiger charge is 2.32. The highest BCUT2D eigenvalue weighted by atomic mass is 32.2. The standard InChI is InChI=1S/C18H20N2O2S/c1-22-16-9-5-14(6-10-16)12-20(15-7-8-15)18(21)13-23-17-4-2-3-11-19-17/h2-6,9-11,15H,7-8,12-13H2,1H3. The molecule has 0 bridgehead atoms. The number of carbonyl (C=O) groups is 1. The molecule has 1 aromatic heterocycles. The van der Waals surface area contributed by atoms with E-state index in [0.717, 1.165) is 29.2 Å². The lowest BCUT2D eigenvalue weighted by Gasteiger charge is -2.22. The van der Waals surface area contributed by atoms with Gasteiger partial charge in [0.05, 0.1) is 17.9 Å². The van der Waals surface area contributed by atoms with Crippen molar-refractivity contribution in [1.29, 1.82) is 0 Å². The van der Waals surface area contributed by atoms with Crippen LogP contribution in [0.3, 0.4) is 0 Å². The molecule has 1 aliphatic carbocycles. The Balaban J connectivity index is 1.60. The van der Waals surface area contributed by atoms with Gasteiger partial charge in [0.1, 0.15) is 5.75 Å². The minimum Gasteiger partial charge on any atom is -0.497 e. The normalized spacial score (nSPS) is 13.6. The van der Waals surface area contributed by atoms with Gasteiger partial charge in [-0.15, -0.1) is 0 Å². The molecule has 0 spiro atoms. The molecule has 1 fully saturated rings. The van der Waals surface area contributed by atoms with Gasteiger partial charge >= 0.3 is 0 Å². The number of aromatic nitrogens is 1. The summed E-state index contributed by atoms with van der Waals surface area (Å²) < 4.78 is 5.18. The van der Waals surface area contributed by atoms with Crippen LogP contribution in [0.4, 0.5) is 0 Å². The summed E-state index contributed by atoms with van der Waals surface area (Å²) in [5.74, 6) is 1.45. The average Bonchev–Trinajstić information content (AvgIpc) is 3.44. The Kier molecular flexibility index (Phi) is 5.18. The average molecular weight is 328 g/mol. The molecular formula is C18H20N2O2S. The highest BCUT2D eigenvalue weighted by molar-refractivity contribution is 7.99. The molecule has 120 valence electrons. The van der Waals surface area contributed by atoms with Crippen LogP contribution < -0.4 is 4.74 Å². The van der Waals surface area contributed by atoms with Gasteiger partial charge in [0.15, 0.2) is 0 Å². The number of ether oxygens (including phenoxy) is 1. The fraction of sp³-hybridized carbons (Fsp3) is 0.333. The summed E-state index contributed by atoms with van der Waals surface area (Å²) in [4.78, 5) is 18.8. The molecule has 0 radical (unpaired) electrons. The second kappa shape index (κ2) is 7.51. The third-order valence-corrected chi connectivity index (χ3v) is 4.73. The number of hydrogen-bond donors (Lipinski definition) is 0. The first-order valence-corrected chi connectivity index (χ1v) is 8.71. The maximum Gasteiger partial charge on any atom is 0.233 e. The van der Waals surface area contributed by atoms with Gasteiger partial charge in [0.2, 0.25) is 5.91 Å².